The lowest BCUT2D eigenvalue weighted by atomic mass is 10.1. The molecule has 0 radical (unpaired) electrons. The van der Waals surface area contributed by atoms with Gasteiger partial charge in [0, 0.05) is 9.17 Å². The number of carbonyl (C=O) groups excluding carboxylic acids is 1. The predicted octanol–water partition coefficient (Wildman–Crippen LogP) is 4.86. The fourth-order valence-corrected chi connectivity index (χ4v) is 4.12. The molecule has 0 aliphatic rings. The maximum absolute atomic E-state index is 12.6. The molecule has 2 aromatic carbocycles. The van der Waals surface area contributed by atoms with Gasteiger partial charge in [0.05, 0.1) is 11.4 Å². The Bertz CT molecular complexity index is 1080. The number of fused-ring (bicyclic) bond motifs is 1. The highest BCUT2D eigenvalue weighted by atomic mass is 79.9. The molecule has 1 N–H and O–H groups in total. The highest BCUT2D eigenvalue weighted by Crippen LogP contribution is 2.30. The molecule has 0 atom stereocenters. The van der Waals surface area contributed by atoms with E-state index in [9.17, 15) is 4.79 Å². The number of carbonyl (C=O) groups is 1. The number of amides is 1. The summed E-state index contributed by atoms with van der Waals surface area (Å²) in [7, 11) is 0. The van der Waals surface area contributed by atoms with Gasteiger partial charge < -0.3 is 0 Å². The smallest absolute Gasteiger partial charge is 0.268 e. The Morgan fingerprint density at radius 1 is 1.19 bits per heavy atom. The largest absolute Gasteiger partial charge is 0.288 e. The minimum atomic E-state index is -0.176. The molecule has 5 nitrogen and oxygen atoms in total. The monoisotopic (exact) mass is 426 g/mol. The van der Waals surface area contributed by atoms with Gasteiger partial charge in [-0.3, -0.25) is 10.1 Å². The molecule has 1 amide bonds. The van der Waals surface area contributed by atoms with Crippen LogP contribution in [0, 0.1) is 6.92 Å². The van der Waals surface area contributed by atoms with E-state index in [1.165, 1.54) is 11.3 Å². The van der Waals surface area contributed by atoms with Crippen LogP contribution in [-0.4, -0.2) is 20.7 Å². The second-order valence-corrected chi connectivity index (χ2v) is 7.87. The Labute approximate surface area is 162 Å². The van der Waals surface area contributed by atoms with E-state index in [2.05, 4.69) is 31.3 Å². The second kappa shape index (κ2) is 7.01. The van der Waals surface area contributed by atoms with Gasteiger partial charge in [0.15, 0.2) is 0 Å². The number of nitrogens with zero attached hydrogens (tertiary/aromatic N) is 3. The first-order chi connectivity index (χ1) is 12.6. The minimum Gasteiger partial charge on any atom is -0.288 e. The van der Waals surface area contributed by atoms with Crippen molar-refractivity contribution in [1.82, 2.24) is 14.8 Å². The number of thiophene rings is 1. The van der Waals surface area contributed by atoms with Gasteiger partial charge in [0.2, 0.25) is 5.95 Å². The summed E-state index contributed by atoms with van der Waals surface area (Å²) < 4.78 is 3.84. The standard InChI is InChI=1S/C19H15BrN4OS/c1-12-15-4-2-3-5-16(15)26-17(12)18(25)22-19-21-11-24(23-19)10-13-6-8-14(20)9-7-13/h2-9,11H,10H2,1H3,(H,22,23,25). The van der Waals surface area contributed by atoms with Crippen LogP contribution in [-0.2, 0) is 6.54 Å². The lowest BCUT2D eigenvalue weighted by Gasteiger charge is -2.02. The summed E-state index contributed by atoms with van der Waals surface area (Å²) in [6.45, 7) is 2.56. The number of aryl methyl sites for hydroxylation is 1. The third kappa shape index (κ3) is 3.40. The third-order valence-corrected chi connectivity index (χ3v) is 5.87. The molecule has 2 aromatic heterocycles. The van der Waals surface area contributed by atoms with Crippen molar-refractivity contribution in [3.63, 3.8) is 0 Å². The van der Waals surface area contributed by atoms with E-state index in [0.29, 0.717) is 17.4 Å². The van der Waals surface area contributed by atoms with Crippen molar-refractivity contribution < 1.29 is 4.79 Å². The Morgan fingerprint density at radius 2 is 1.96 bits per heavy atom. The molecule has 130 valence electrons. The molecule has 4 rings (SSSR count). The summed E-state index contributed by atoms with van der Waals surface area (Å²) >= 11 is 4.90. The van der Waals surface area contributed by atoms with Gasteiger partial charge in [0.1, 0.15) is 6.33 Å². The van der Waals surface area contributed by atoms with Gasteiger partial charge in [-0.25, -0.2) is 9.67 Å². The van der Waals surface area contributed by atoms with Crippen molar-refractivity contribution in [3.8, 4) is 0 Å². The van der Waals surface area contributed by atoms with E-state index in [1.807, 2.05) is 55.5 Å². The third-order valence-electron chi connectivity index (χ3n) is 4.07. The summed E-state index contributed by atoms with van der Waals surface area (Å²) in [5.74, 6) is 0.133. The molecular formula is C19H15BrN4OS. The van der Waals surface area contributed by atoms with Crippen LogP contribution in [0.1, 0.15) is 20.8 Å². The number of anilines is 1. The molecule has 0 spiro atoms. The molecule has 0 aliphatic heterocycles. The summed E-state index contributed by atoms with van der Waals surface area (Å²) in [6.07, 6.45) is 1.62. The zero-order chi connectivity index (χ0) is 18.1. The molecule has 26 heavy (non-hydrogen) atoms. The predicted molar refractivity (Wildman–Crippen MR) is 108 cm³/mol. The lowest BCUT2D eigenvalue weighted by molar-refractivity contribution is 0.102. The van der Waals surface area contributed by atoms with Crippen molar-refractivity contribution in [3.05, 3.63) is 75.3 Å². The number of rotatable bonds is 4. The Balaban J connectivity index is 1.50. The maximum Gasteiger partial charge on any atom is 0.268 e. The van der Waals surface area contributed by atoms with E-state index < -0.39 is 0 Å². The van der Waals surface area contributed by atoms with Crippen LogP contribution in [0.2, 0.25) is 0 Å². The fraction of sp³-hybridized carbons (Fsp3) is 0.105. The first-order valence-electron chi connectivity index (χ1n) is 8.03. The highest BCUT2D eigenvalue weighted by molar-refractivity contribution is 9.10. The molecule has 0 fully saturated rings. The average Bonchev–Trinajstić information content (AvgIpc) is 3.22. The molecule has 0 saturated carbocycles. The van der Waals surface area contributed by atoms with Crippen LogP contribution in [0.5, 0.6) is 0 Å². The van der Waals surface area contributed by atoms with Crippen LogP contribution in [0.25, 0.3) is 10.1 Å². The van der Waals surface area contributed by atoms with Crippen molar-refractivity contribution in [2.45, 2.75) is 13.5 Å². The summed E-state index contributed by atoms with van der Waals surface area (Å²) in [5, 5.41) is 8.25. The summed E-state index contributed by atoms with van der Waals surface area (Å²) in [5.41, 5.74) is 2.09. The van der Waals surface area contributed by atoms with Crippen LogP contribution >= 0.6 is 27.3 Å². The van der Waals surface area contributed by atoms with Gasteiger partial charge in [-0.15, -0.1) is 16.4 Å². The minimum absolute atomic E-state index is 0.176. The van der Waals surface area contributed by atoms with Gasteiger partial charge in [-0.1, -0.05) is 46.3 Å². The van der Waals surface area contributed by atoms with Crippen molar-refractivity contribution in [2.75, 3.05) is 5.32 Å². The van der Waals surface area contributed by atoms with Crippen molar-refractivity contribution >= 4 is 49.2 Å². The van der Waals surface area contributed by atoms with E-state index in [-0.39, 0.29) is 5.91 Å². The van der Waals surface area contributed by atoms with Crippen LogP contribution < -0.4 is 5.32 Å². The average molecular weight is 427 g/mol. The van der Waals surface area contributed by atoms with Gasteiger partial charge in [-0.2, -0.15) is 0 Å². The van der Waals surface area contributed by atoms with Crippen molar-refractivity contribution in [1.29, 1.82) is 0 Å². The van der Waals surface area contributed by atoms with E-state index in [4.69, 9.17) is 0 Å². The quantitative estimate of drug-likeness (QED) is 0.506. The first kappa shape index (κ1) is 16.9. The first-order valence-corrected chi connectivity index (χ1v) is 9.64. The molecule has 0 bridgehead atoms. The number of aromatic nitrogens is 3. The zero-order valence-electron chi connectivity index (χ0n) is 13.9. The summed E-state index contributed by atoms with van der Waals surface area (Å²) in [6, 6.07) is 16.0. The Kier molecular flexibility index (Phi) is 4.57. The van der Waals surface area contributed by atoms with Crippen LogP contribution in [0.3, 0.4) is 0 Å². The number of benzene rings is 2. The van der Waals surface area contributed by atoms with E-state index in [1.54, 1.807) is 11.0 Å². The number of hydrogen-bond acceptors (Lipinski definition) is 4. The van der Waals surface area contributed by atoms with E-state index >= 15 is 0 Å². The topological polar surface area (TPSA) is 59.8 Å². The van der Waals surface area contributed by atoms with Gasteiger partial charge in [0.25, 0.3) is 5.91 Å². The number of nitrogens with one attached hydrogen (secondary N) is 1. The fourth-order valence-electron chi connectivity index (χ4n) is 2.75. The molecule has 7 heteroatoms. The Hall–Kier alpha value is -2.51. The number of hydrogen-bond donors (Lipinski definition) is 1. The second-order valence-electron chi connectivity index (χ2n) is 5.90. The normalized spacial score (nSPS) is 11.0. The lowest BCUT2D eigenvalue weighted by Crippen LogP contribution is -2.13. The molecule has 0 saturated heterocycles. The molecular weight excluding hydrogens is 412 g/mol. The van der Waals surface area contributed by atoms with Crippen LogP contribution in [0.15, 0.2) is 59.3 Å². The molecule has 2 heterocycles. The van der Waals surface area contributed by atoms with E-state index in [0.717, 1.165) is 25.7 Å². The highest BCUT2D eigenvalue weighted by Gasteiger charge is 2.16. The zero-order valence-corrected chi connectivity index (χ0v) is 16.3. The SMILES string of the molecule is Cc1c(C(=O)Nc2ncn(Cc3ccc(Br)cc3)n2)sc2ccccc12. The number of halogens is 1. The molecule has 0 unspecified atom stereocenters. The van der Waals surface area contributed by atoms with Gasteiger partial charge >= 0.3 is 0 Å². The molecule has 4 aromatic rings. The van der Waals surface area contributed by atoms with Crippen LogP contribution in [0.4, 0.5) is 5.95 Å². The maximum atomic E-state index is 12.6. The summed E-state index contributed by atoms with van der Waals surface area (Å²) in [4.78, 5) is 17.5. The van der Waals surface area contributed by atoms with Crippen molar-refractivity contribution in [2.24, 2.45) is 0 Å². The molecule has 0 aliphatic carbocycles. The Morgan fingerprint density at radius 3 is 2.73 bits per heavy atom. The van der Waals surface area contributed by atoms with Gasteiger partial charge in [-0.05, 0) is 41.6 Å².